The van der Waals surface area contributed by atoms with Gasteiger partial charge in [0, 0.05) is 0 Å². The smallest absolute Gasteiger partial charge is 0.308 e. The van der Waals surface area contributed by atoms with Gasteiger partial charge in [0.25, 0.3) is 0 Å². The number of methoxy groups -OCH3 is 2. The minimum Gasteiger partial charge on any atom is -0.508 e. The molecular weight excluding hydrogens is 420 g/mol. The van der Waals surface area contributed by atoms with E-state index in [0.29, 0.717) is 11.5 Å². The molecule has 2 aromatic rings. The summed E-state index contributed by atoms with van der Waals surface area (Å²) in [6, 6.07) is 10.8. The van der Waals surface area contributed by atoms with Crippen LogP contribution in [0.1, 0.15) is 68.2 Å². The van der Waals surface area contributed by atoms with E-state index in [1.807, 2.05) is 26.0 Å². The number of phenols is 2. The van der Waals surface area contributed by atoms with Crippen molar-refractivity contribution in [1.82, 2.24) is 0 Å². The maximum Gasteiger partial charge on any atom is 0.308 e. The maximum atomic E-state index is 11.5. The van der Waals surface area contributed by atoms with Crippen molar-refractivity contribution in [2.45, 2.75) is 58.8 Å². The fourth-order valence-electron chi connectivity index (χ4n) is 5.01. The Morgan fingerprint density at radius 2 is 1.15 bits per heavy atom. The normalized spacial score (nSPS) is 19.6. The second-order valence-corrected chi connectivity index (χ2v) is 8.68. The molecule has 0 saturated carbocycles. The molecule has 2 N–H and O–H groups in total. The SMILES string of the molecule is C.COC(=O)[C@@H](C)[C@@H]1CCc2cc(O)ccc21.COC(=O)[C@H](C)[C@H]1CCc2cc(O)ccc21. The minimum absolute atomic E-state index is 0. The van der Waals surface area contributed by atoms with E-state index in [9.17, 15) is 19.8 Å². The fraction of sp³-hybridized carbons (Fsp3) is 0.481. The molecule has 4 atom stereocenters. The van der Waals surface area contributed by atoms with Crippen LogP contribution in [-0.2, 0) is 31.9 Å². The van der Waals surface area contributed by atoms with Crippen molar-refractivity contribution in [3.8, 4) is 11.5 Å². The molecule has 0 aliphatic heterocycles. The molecule has 2 aliphatic rings. The van der Waals surface area contributed by atoms with Crippen LogP contribution in [-0.4, -0.2) is 36.4 Å². The average molecular weight is 457 g/mol. The number of phenolic OH excluding ortho intramolecular Hbond substituents is 2. The molecule has 2 aromatic carbocycles. The maximum absolute atomic E-state index is 11.5. The van der Waals surface area contributed by atoms with Crippen molar-refractivity contribution in [2.75, 3.05) is 14.2 Å². The Hall–Kier alpha value is -3.02. The lowest BCUT2D eigenvalue weighted by Crippen LogP contribution is -2.19. The number of aromatic hydroxyl groups is 2. The van der Waals surface area contributed by atoms with E-state index in [-0.39, 0.29) is 43.0 Å². The zero-order valence-electron chi connectivity index (χ0n) is 19.1. The summed E-state index contributed by atoms with van der Waals surface area (Å²) in [7, 11) is 2.84. The van der Waals surface area contributed by atoms with Crippen LogP contribution in [0.4, 0.5) is 0 Å². The molecule has 0 heterocycles. The Labute approximate surface area is 196 Å². The first-order valence-corrected chi connectivity index (χ1v) is 11.1. The number of esters is 2. The van der Waals surface area contributed by atoms with Gasteiger partial charge in [0.05, 0.1) is 26.1 Å². The summed E-state index contributed by atoms with van der Waals surface area (Å²) >= 11 is 0. The predicted molar refractivity (Wildman–Crippen MR) is 127 cm³/mol. The number of hydrogen-bond acceptors (Lipinski definition) is 6. The number of hydrogen-bond donors (Lipinski definition) is 2. The molecule has 0 bridgehead atoms. The lowest BCUT2D eigenvalue weighted by molar-refractivity contribution is -0.146. The quantitative estimate of drug-likeness (QED) is 0.622. The van der Waals surface area contributed by atoms with Crippen LogP contribution >= 0.6 is 0 Å². The lowest BCUT2D eigenvalue weighted by atomic mass is 9.89. The summed E-state index contributed by atoms with van der Waals surface area (Å²) < 4.78 is 9.55. The lowest BCUT2D eigenvalue weighted by Gasteiger charge is -2.17. The Morgan fingerprint density at radius 3 is 1.48 bits per heavy atom. The van der Waals surface area contributed by atoms with Crippen LogP contribution in [0.5, 0.6) is 11.5 Å². The van der Waals surface area contributed by atoms with Gasteiger partial charge in [-0.1, -0.05) is 33.4 Å². The van der Waals surface area contributed by atoms with Crippen molar-refractivity contribution < 1.29 is 29.3 Å². The van der Waals surface area contributed by atoms with Gasteiger partial charge >= 0.3 is 11.9 Å². The second-order valence-electron chi connectivity index (χ2n) is 8.68. The molecule has 0 unspecified atom stereocenters. The molecule has 4 rings (SSSR count). The topological polar surface area (TPSA) is 93.1 Å². The number of aryl methyl sites for hydroxylation is 2. The van der Waals surface area contributed by atoms with E-state index in [1.54, 1.807) is 24.3 Å². The number of carbonyl (C=O) groups is 2. The van der Waals surface area contributed by atoms with E-state index in [1.165, 1.54) is 25.3 Å². The number of fused-ring (bicyclic) bond motifs is 2. The first-order chi connectivity index (χ1) is 15.3. The highest BCUT2D eigenvalue weighted by Crippen LogP contribution is 2.41. The molecule has 0 radical (unpaired) electrons. The van der Waals surface area contributed by atoms with Crippen LogP contribution in [0.25, 0.3) is 0 Å². The van der Waals surface area contributed by atoms with Gasteiger partial charge in [-0.05, 0) is 84.0 Å². The van der Waals surface area contributed by atoms with Gasteiger partial charge in [-0.3, -0.25) is 9.59 Å². The summed E-state index contributed by atoms with van der Waals surface area (Å²) in [6.45, 7) is 3.80. The molecular formula is C27H36O6. The highest BCUT2D eigenvalue weighted by Gasteiger charge is 2.32. The summed E-state index contributed by atoms with van der Waals surface area (Å²) in [5.41, 5.74) is 4.66. The van der Waals surface area contributed by atoms with Gasteiger partial charge in [0.2, 0.25) is 0 Å². The summed E-state index contributed by atoms with van der Waals surface area (Å²) in [5.74, 6) is 0.491. The highest BCUT2D eigenvalue weighted by molar-refractivity contribution is 5.74. The minimum atomic E-state index is -0.161. The van der Waals surface area contributed by atoms with Gasteiger partial charge in [-0.15, -0.1) is 0 Å². The number of carbonyl (C=O) groups excluding carboxylic acids is 2. The van der Waals surface area contributed by atoms with Crippen LogP contribution in [0.15, 0.2) is 36.4 Å². The fourth-order valence-corrected chi connectivity index (χ4v) is 5.01. The van der Waals surface area contributed by atoms with Crippen LogP contribution in [0, 0.1) is 11.8 Å². The molecule has 0 saturated heterocycles. The highest BCUT2D eigenvalue weighted by atomic mass is 16.5. The van der Waals surface area contributed by atoms with Gasteiger partial charge in [0.15, 0.2) is 0 Å². The van der Waals surface area contributed by atoms with Crippen molar-refractivity contribution in [2.24, 2.45) is 11.8 Å². The Bertz CT molecular complexity index is 903. The van der Waals surface area contributed by atoms with Gasteiger partial charge in [-0.25, -0.2) is 0 Å². The van der Waals surface area contributed by atoms with Gasteiger partial charge in [0.1, 0.15) is 11.5 Å². The molecule has 33 heavy (non-hydrogen) atoms. The predicted octanol–water partition coefficient (Wildman–Crippen LogP) is 5.10. The molecule has 6 heteroatoms. The second kappa shape index (κ2) is 11.2. The Balaban J connectivity index is 0.000000227. The van der Waals surface area contributed by atoms with Crippen molar-refractivity contribution in [3.63, 3.8) is 0 Å². The molecule has 2 aliphatic carbocycles. The van der Waals surface area contributed by atoms with E-state index < -0.39 is 0 Å². The third-order valence-corrected chi connectivity index (χ3v) is 6.85. The number of ether oxygens (including phenoxy) is 2. The third-order valence-electron chi connectivity index (χ3n) is 6.85. The Kier molecular flexibility index (Phi) is 8.91. The third kappa shape index (κ3) is 5.67. The summed E-state index contributed by atoms with van der Waals surface area (Å²) in [4.78, 5) is 23.0. The van der Waals surface area contributed by atoms with E-state index in [4.69, 9.17) is 9.47 Å². The average Bonchev–Trinajstić information content (AvgIpc) is 3.40. The molecule has 0 fully saturated rings. The largest absolute Gasteiger partial charge is 0.508 e. The molecule has 180 valence electrons. The van der Waals surface area contributed by atoms with Crippen LogP contribution < -0.4 is 0 Å². The van der Waals surface area contributed by atoms with E-state index in [0.717, 1.165) is 36.8 Å². The van der Waals surface area contributed by atoms with Crippen LogP contribution in [0.2, 0.25) is 0 Å². The zero-order valence-corrected chi connectivity index (χ0v) is 19.1. The van der Waals surface area contributed by atoms with Gasteiger partial charge in [-0.2, -0.15) is 0 Å². The standard InChI is InChI=1S/2C13H16O3.CH4/c2*1-8(13(15)16-2)11-5-3-9-7-10(14)4-6-12(9)11;/h2*4,6-8,11,14H,3,5H2,1-2H3;1H4/t2*8-,11-;/m10./s1. The first-order valence-electron chi connectivity index (χ1n) is 11.1. The Morgan fingerprint density at radius 1 is 0.788 bits per heavy atom. The molecule has 0 spiro atoms. The van der Waals surface area contributed by atoms with E-state index in [2.05, 4.69) is 0 Å². The van der Waals surface area contributed by atoms with Crippen molar-refractivity contribution in [1.29, 1.82) is 0 Å². The zero-order chi connectivity index (χ0) is 23.4. The van der Waals surface area contributed by atoms with Gasteiger partial charge < -0.3 is 19.7 Å². The number of rotatable bonds is 4. The number of benzene rings is 2. The summed E-state index contributed by atoms with van der Waals surface area (Å²) in [6.07, 6.45) is 3.76. The van der Waals surface area contributed by atoms with Crippen molar-refractivity contribution in [3.05, 3.63) is 58.7 Å². The first kappa shape index (κ1) is 26.2. The monoisotopic (exact) mass is 456 g/mol. The molecule has 0 amide bonds. The molecule has 0 aromatic heterocycles. The van der Waals surface area contributed by atoms with E-state index >= 15 is 0 Å². The van der Waals surface area contributed by atoms with Crippen molar-refractivity contribution >= 4 is 11.9 Å². The van der Waals surface area contributed by atoms with Crippen LogP contribution in [0.3, 0.4) is 0 Å². The summed E-state index contributed by atoms with van der Waals surface area (Å²) in [5, 5.41) is 18.8. The molecule has 6 nitrogen and oxygen atoms in total.